The second-order valence-corrected chi connectivity index (χ2v) is 4.63. The smallest absolute Gasteiger partial charge is 0.246 e. The number of nitrogens with zero attached hydrogens (tertiary/aromatic N) is 3. The summed E-state index contributed by atoms with van der Waals surface area (Å²) >= 11 is 0. The number of rotatable bonds is 4. The Labute approximate surface area is 102 Å². The van der Waals surface area contributed by atoms with E-state index >= 15 is 0 Å². The van der Waals surface area contributed by atoms with Gasteiger partial charge in [-0.05, 0) is 25.8 Å². The minimum atomic E-state index is 0.00169. The highest BCUT2D eigenvalue weighted by molar-refractivity contribution is 5.91. The Hall–Kier alpha value is -1.58. The minimum absolute atomic E-state index is 0.00169. The van der Waals surface area contributed by atoms with Gasteiger partial charge in [0, 0.05) is 32.6 Å². The van der Waals surface area contributed by atoms with Crippen molar-refractivity contribution in [1.29, 1.82) is 0 Å². The van der Waals surface area contributed by atoms with Gasteiger partial charge in [-0.1, -0.05) is 0 Å². The molecule has 4 nitrogen and oxygen atoms in total. The fourth-order valence-corrected chi connectivity index (χ4v) is 1.85. The fraction of sp³-hybridized carbons (Fsp3) is 0.538. The highest BCUT2D eigenvalue weighted by Crippen LogP contribution is 2.39. The van der Waals surface area contributed by atoms with E-state index in [2.05, 4.69) is 16.5 Å². The Morgan fingerprint density at radius 3 is 2.82 bits per heavy atom. The van der Waals surface area contributed by atoms with Gasteiger partial charge < -0.3 is 9.47 Å². The van der Waals surface area contributed by atoms with Crippen molar-refractivity contribution in [1.82, 2.24) is 14.5 Å². The zero-order chi connectivity index (χ0) is 12.4. The van der Waals surface area contributed by atoms with Crippen LogP contribution >= 0.6 is 0 Å². The molecule has 17 heavy (non-hydrogen) atoms. The number of hydrogen-bond acceptors (Lipinski definition) is 2. The Morgan fingerprint density at radius 1 is 1.59 bits per heavy atom. The van der Waals surface area contributed by atoms with Gasteiger partial charge in [0.05, 0.1) is 11.9 Å². The molecule has 92 valence electrons. The van der Waals surface area contributed by atoms with Crippen molar-refractivity contribution >= 4 is 12.0 Å². The van der Waals surface area contributed by atoms with Crippen molar-refractivity contribution < 1.29 is 4.79 Å². The van der Waals surface area contributed by atoms with Gasteiger partial charge in [-0.3, -0.25) is 4.79 Å². The van der Waals surface area contributed by atoms with Crippen LogP contribution in [-0.2, 0) is 11.3 Å². The highest BCUT2D eigenvalue weighted by Gasteiger charge is 2.28. The number of imidazole rings is 1. The third kappa shape index (κ3) is 2.57. The molecule has 0 unspecified atom stereocenters. The summed E-state index contributed by atoms with van der Waals surface area (Å²) in [5, 5.41) is 0. The number of aromatic nitrogens is 2. The van der Waals surface area contributed by atoms with Crippen LogP contribution in [0.3, 0.4) is 0 Å². The van der Waals surface area contributed by atoms with E-state index in [4.69, 9.17) is 0 Å². The maximum absolute atomic E-state index is 11.5. The lowest BCUT2D eigenvalue weighted by Gasteiger charge is -2.07. The van der Waals surface area contributed by atoms with Crippen LogP contribution in [0.15, 0.2) is 12.3 Å². The molecule has 1 aromatic rings. The maximum Gasteiger partial charge on any atom is 0.246 e. The van der Waals surface area contributed by atoms with E-state index in [1.54, 1.807) is 25.1 Å². The predicted molar refractivity (Wildman–Crippen MR) is 67.6 cm³/mol. The zero-order valence-electron chi connectivity index (χ0n) is 10.7. The molecule has 0 aliphatic heterocycles. The third-order valence-corrected chi connectivity index (χ3v) is 3.01. The molecular formula is C13H19N3O. The average Bonchev–Trinajstić information content (AvgIpc) is 3.06. The lowest BCUT2D eigenvalue weighted by molar-refractivity contribution is -0.123. The van der Waals surface area contributed by atoms with Gasteiger partial charge in [-0.15, -0.1) is 0 Å². The third-order valence-electron chi connectivity index (χ3n) is 3.01. The first-order valence-electron chi connectivity index (χ1n) is 6.08. The van der Waals surface area contributed by atoms with Crippen LogP contribution < -0.4 is 0 Å². The number of carbonyl (C=O) groups is 1. The average molecular weight is 233 g/mol. The summed E-state index contributed by atoms with van der Waals surface area (Å²) in [6.07, 6.45) is 7.80. The van der Waals surface area contributed by atoms with Crippen LogP contribution in [0.5, 0.6) is 0 Å². The lowest BCUT2D eigenvalue weighted by Crippen LogP contribution is -2.18. The Balaban J connectivity index is 2.18. The van der Waals surface area contributed by atoms with Gasteiger partial charge in [-0.2, -0.15) is 0 Å². The molecule has 1 fully saturated rings. The largest absolute Gasteiger partial charge is 0.345 e. The maximum atomic E-state index is 11.5. The van der Waals surface area contributed by atoms with E-state index in [1.807, 2.05) is 12.3 Å². The van der Waals surface area contributed by atoms with Gasteiger partial charge in [0.1, 0.15) is 5.82 Å². The van der Waals surface area contributed by atoms with Gasteiger partial charge in [0.2, 0.25) is 5.91 Å². The summed E-state index contributed by atoms with van der Waals surface area (Å²) in [5.41, 5.74) is 1.02. The number of amides is 1. The molecule has 4 heteroatoms. The van der Waals surface area contributed by atoms with Gasteiger partial charge in [0.25, 0.3) is 0 Å². The number of hydrogen-bond donors (Lipinski definition) is 0. The van der Waals surface area contributed by atoms with Crippen molar-refractivity contribution in [3.8, 4) is 0 Å². The van der Waals surface area contributed by atoms with Crippen LogP contribution in [-0.4, -0.2) is 34.5 Å². The molecular weight excluding hydrogens is 214 g/mol. The normalized spacial score (nSPS) is 15.5. The summed E-state index contributed by atoms with van der Waals surface area (Å²) in [5.74, 6) is 1.81. The van der Waals surface area contributed by atoms with Crippen molar-refractivity contribution in [2.75, 3.05) is 14.1 Å². The summed E-state index contributed by atoms with van der Waals surface area (Å²) in [4.78, 5) is 17.5. The highest BCUT2D eigenvalue weighted by atomic mass is 16.2. The molecule has 0 aromatic carbocycles. The molecule has 0 saturated heterocycles. The number of carbonyl (C=O) groups excluding carboxylic acids is 1. The van der Waals surface area contributed by atoms with Crippen LogP contribution in [0.1, 0.15) is 37.2 Å². The second kappa shape index (κ2) is 4.73. The van der Waals surface area contributed by atoms with Crippen LogP contribution in [0.4, 0.5) is 0 Å². The first kappa shape index (κ1) is 11.9. The molecule has 0 bridgehead atoms. The predicted octanol–water partition coefficient (Wildman–Crippen LogP) is 1.88. The molecule has 1 aliphatic carbocycles. The molecule has 2 rings (SSSR count). The van der Waals surface area contributed by atoms with Crippen LogP contribution in [0.25, 0.3) is 6.08 Å². The van der Waals surface area contributed by atoms with E-state index < -0.39 is 0 Å². The molecule has 0 radical (unpaired) electrons. The molecule has 1 aliphatic rings. The molecule has 0 N–H and O–H groups in total. The molecule has 1 heterocycles. The first-order chi connectivity index (χ1) is 8.13. The molecule has 1 saturated carbocycles. The summed E-state index contributed by atoms with van der Waals surface area (Å²) < 4.78 is 2.19. The van der Waals surface area contributed by atoms with E-state index in [9.17, 15) is 4.79 Å². The number of likely N-dealkylation sites (N-methyl/N-ethyl adjacent to an activating group) is 1. The quantitative estimate of drug-likeness (QED) is 0.745. The van der Waals surface area contributed by atoms with Crippen molar-refractivity contribution in [2.24, 2.45) is 0 Å². The first-order valence-corrected chi connectivity index (χ1v) is 6.08. The standard InChI is InChI=1S/C13H19N3O/c1-4-16-11(7-8-12(17)15(2)3)9-14-13(16)10-5-6-10/h7-10H,4-6H2,1-3H3. The monoisotopic (exact) mass is 233 g/mol. The lowest BCUT2D eigenvalue weighted by atomic mass is 10.3. The van der Waals surface area contributed by atoms with Crippen molar-refractivity contribution in [3.63, 3.8) is 0 Å². The van der Waals surface area contributed by atoms with Crippen LogP contribution in [0, 0.1) is 0 Å². The molecule has 1 aromatic heterocycles. The van der Waals surface area contributed by atoms with E-state index in [0.717, 1.165) is 12.2 Å². The van der Waals surface area contributed by atoms with Gasteiger partial charge >= 0.3 is 0 Å². The Kier molecular flexibility index (Phi) is 3.31. The van der Waals surface area contributed by atoms with E-state index in [-0.39, 0.29) is 5.91 Å². The Morgan fingerprint density at radius 2 is 2.29 bits per heavy atom. The molecule has 0 spiro atoms. The van der Waals surface area contributed by atoms with E-state index in [1.165, 1.54) is 18.7 Å². The summed E-state index contributed by atoms with van der Waals surface area (Å²) in [7, 11) is 3.50. The Bertz CT molecular complexity index is 442. The zero-order valence-corrected chi connectivity index (χ0v) is 10.7. The van der Waals surface area contributed by atoms with E-state index in [0.29, 0.717) is 5.92 Å². The van der Waals surface area contributed by atoms with Gasteiger partial charge in [-0.25, -0.2) is 4.98 Å². The SMILES string of the molecule is CCn1c(C=CC(=O)N(C)C)cnc1C1CC1. The van der Waals surface area contributed by atoms with Crippen molar-refractivity contribution in [2.45, 2.75) is 32.2 Å². The fourth-order valence-electron chi connectivity index (χ4n) is 1.85. The van der Waals surface area contributed by atoms with Gasteiger partial charge in [0.15, 0.2) is 0 Å². The summed E-state index contributed by atoms with van der Waals surface area (Å²) in [6, 6.07) is 0. The molecule has 1 amide bonds. The van der Waals surface area contributed by atoms with Crippen molar-refractivity contribution in [3.05, 3.63) is 23.8 Å². The second-order valence-electron chi connectivity index (χ2n) is 4.63. The topological polar surface area (TPSA) is 38.1 Å². The minimum Gasteiger partial charge on any atom is -0.345 e. The van der Waals surface area contributed by atoms with Crippen LogP contribution in [0.2, 0.25) is 0 Å². The summed E-state index contributed by atoms with van der Waals surface area (Å²) in [6.45, 7) is 3.01. The molecule has 0 atom stereocenters.